The van der Waals surface area contributed by atoms with E-state index >= 15 is 0 Å². The van der Waals surface area contributed by atoms with E-state index in [1.807, 2.05) is 0 Å². The molecule has 3 aromatic carbocycles. The van der Waals surface area contributed by atoms with Gasteiger partial charge in [-0.1, -0.05) is 24.3 Å². The molecule has 0 unspecified atom stereocenters. The summed E-state index contributed by atoms with van der Waals surface area (Å²) in [7, 11) is 0. The van der Waals surface area contributed by atoms with Crippen LogP contribution in [-0.4, -0.2) is 23.6 Å². The molecule has 1 amide bonds. The molecule has 0 heterocycles. The van der Waals surface area contributed by atoms with Crippen molar-refractivity contribution in [3.8, 4) is 16.9 Å². The van der Waals surface area contributed by atoms with Gasteiger partial charge in [-0.05, 0) is 66.9 Å². The van der Waals surface area contributed by atoms with Crippen molar-refractivity contribution >= 4 is 17.6 Å². The number of phenols is 1. The van der Waals surface area contributed by atoms with Gasteiger partial charge in [0.05, 0.1) is 18.6 Å². The summed E-state index contributed by atoms with van der Waals surface area (Å²) in [5, 5.41) is 13.1. The molecule has 3 aromatic rings. The number of aryl methyl sites for hydroxylation is 1. The third-order valence-corrected chi connectivity index (χ3v) is 4.98. The van der Waals surface area contributed by atoms with Crippen molar-refractivity contribution in [1.29, 1.82) is 0 Å². The minimum absolute atomic E-state index is 0.121. The number of nitrogens with one attached hydrogen (secondary N) is 1. The minimum atomic E-state index is -4.47. The fourth-order valence-corrected chi connectivity index (χ4v) is 3.29. The van der Waals surface area contributed by atoms with Gasteiger partial charge in [-0.25, -0.2) is 0 Å². The second kappa shape index (κ2) is 9.77. The summed E-state index contributed by atoms with van der Waals surface area (Å²) in [4.78, 5) is 24.4. The van der Waals surface area contributed by atoms with Crippen molar-refractivity contribution in [1.82, 2.24) is 0 Å². The molecular weight excluding hydrogens is 435 g/mol. The average molecular weight is 457 g/mol. The summed E-state index contributed by atoms with van der Waals surface area (Å²) in [5.41, 5.74) is 1.77. The zero-order valence-electron chi connectivity index (χ0n) is 18.0. The lowest BCUT2D eigenvalue weighted by Crippen LogP contribution is -2.14. The van der Waals surface area contributed by atoms with Gasteiger partial charge in [0.1, 0.15) is 5.75 Å². The van der Waals surface area contributed by atoms with E-state index < -0.39 is 17.6 Å². The van der Waals surface area contributed by atoms with E-state index in [1.54, 1.807) is 38.1 Å². The van der Waals surface area contributed by atoms with E-state index in [2.05, 4.69) is 5.32 Å². The molecule has 0 bridgehead atoms. The van der Waals surface area contributed by atoms with Gasteiger partial charge in [0.15, 0.2) is 0 Å². The number of amides is 1. The Morgan fingerprint density at radius 3 is 2.21 bits per heavy atom. The normalized spacial score (nSPS) is 11.2. The molecule has 33 heavy (non-hydrogen) atoms. The standard InChI is InChI=1S/C25H22F3NO4/c1-3-33-23(31)13-16-4-10-19(11-5-16)29-24(32)20-14-21(22(30)12-15(20)2)17-6-8-18(9-7-17)25(26,27)28/h4-12,14,30H,3,13H2,1-2H3,(H,29,32). The van der Waals surface area contributed by atoms with E-state index in [4.69, 9.17) is 4.74 Å². The quantitative estimate of drug-likeness (QED) is 0.463. The SMILES string of the molecule is CCOC(=O)Cc1ccc(NC(=O)c2cc(-c3ccc(C(F)(F)F)cc3)c(O)cc2C)cc1. The van der Waals surface area contributed by atoms with Crippen LogP contribution in [0.5, 0.6) is 5.75 Å². The largest absolute Gasteiger partial charge is 0.507 e. The van der Waals surface area contributed by atoms with Crippen molar-refractivity contribution in [2.24, 2.45) is 0 Å². The van der Waals surface area contributed by atoms with Gasteiger partial charge >= 0.3 is 12.1 Å². The first kappa shape index (κ1) is 23.8. The second-order valence-electron chi connectivity index (χ2n) is 7.39. The summed E-state index contributed by atoms with van der Waals surface area (Å²) in [5.74, 6) is -0.935. The molecule has 172 valence electrons. The number of carbonyl (C=O) groups is 2. The first-order valence-electron chi connectivity index (χ1n) is 10.2. The van der Waals surface area contributed by atoms with Crippen LogP contribution in [0.25, 0.3) is 11.1 Å². The van der Waals surface area contributed by atoms with Gasteiger partial charge in [0.2, 0.25) is 0 Å². The van der Waals surface area contributed by atoms with Crippen molar-refractivity contribution in [2.45, 2.75) is 26.4 Å². The molecule has 2 N–H and O–H groups in total. The van der Waals surface area contributed by atoms with Crippen molar-refractivity contribution < 1.29 is 32.6 Å². The number of hydrogen-bond acceptors (Lipinski definition) is 4. The van der Waals surface area contributed by atoms with Gasteiger partial charge in [-0.2, -0.15) is 13.2 Å². The van der Waals surface area contributed by atoms with Crippen molar-refractivity contribution in [2.75, 3.05) is 11.9 Å². The van der Waals surface area contributed by atoms with Gasteiger partial charge in [-0.15, -0.1) is 0 Å². The zero-order valence-corrected chi connectivity index (χ0v) is 18.0. The molecule has 0 spiro atoms. The van der Waals surface area contributed by atoms with Gasteiger partial charge in [0, 0.05) is 16.8 Å². The van der Waals surface area contributed by atoms with Crippen LogP contribution < -0.4 is 5.32 Å². The van der Waals surface area contributed by atoms with E-state index in [9.17, 15) is 27.9 Å². The maximum atomic E-state index is 12.8. The number of benzene rings is 3. The summed E-state index contributed by atoms with van der Waals surface area (Å²) in [6, 6.07) is 13.9. The second-order valence-corrected chi connectivity index (χ2v) is 7.39. The number of rotatable bonds is 6. The van der Waals surface area contributed by atoms with Crippen LogP contribution in [0.2, 0.25) is 0 Å². The van der Waals surface area contributed by atoms with Crippen LogP contribution in [0.1, 0.15) is 34.0 Å². The fourth-order valence-electron chi connectivity index (χ4n) is 3.29. The van der Waals surface area contributed by atoms with Gasteiger partial charge < -0.3 is 15.2 Å². The van der Waals surface area contributed by atoms with Crippen LogP contribution in [0.4, 0.5) is 18.9 Å². The molecular formula is C25H22F3NO4. The molecule has 0 saturated carbocycles. The number of aromatic hydroxyl groups is 1. The molecule has 0 radical (unpaired) electrons. The molecule has 0 fully saturated rings. The molecule has 0 aliphatic heterocycles. The highest BCUT2D eigenvalue weighted by molar-refractivity contribution is 6.06. The van der Waals surface area contributed by atoms with E-state index in [0.717, 1.165) is 17.7 Å². The first-order valence-corrected chi connectivity index (χ1v) is 10.2. The number of anilines is 1. The van der Waals surface area contributed by atoms with Crippen LogP contribution in [-0.2, 0) is 22.1 Å². The number of esters is 1. The van der Waals surface area contributed by atoms with Crippen LogP contribution in [0.15, 0.2) is 60.7 Å². The monoisotopic (exact) mass is 457 g/mol. The van der Waals surface area contributed by atoms with Crippen LogP contribution >= 0.6 is 0 Å². The summed E-state index contributed by atoms with van der Waals surface area (Å²) in [6.45, 7) is 3.67. The number of alkyl halides is 3. The Morgan fingerprint density at radius 1 is 1.00 bits per heavy atom. The molecule has 8 heteroatoms. The Morgan fingerprint density at radius 2 is 1.64 bits per heavy atom. The number of carbonyl (C=O) groups excluding carboxylic acids is 2. The highest BCUT2D eigenvalue weighted by Crippen LogP contribution is 2.35. The highest BCUT2D eigenvalue weighted by atomic mass is 19.4. The number of hydrogen-bond donors (Lipinski definition) is 2. The smallest absolute Gasteiger partial charge is 0.416 e. The number of ether oxygens (including phenoxy) is 1. The van der Waals surface area contributed by atoms with Crippen molar-refractivity contribution in [3.63, 3.8) is 0 Å². The molecule has 0 aliphatic rings. The Kier molecular flexibility index (Phi) is 7.06. The lowest BCUT2D eigenvalue weighted by atomic mass is 9.97. The zero-order chi connectivity index (χ0) is 24.2. The first-order chi connectivity index (χ1) is 15.6. The van der Waals surface area contributed by atoms with Crippen molar-refractivity contribution in [3.05, 3.63) is 82.9 Å². The Labute approximate surface area is 188 Å². The average Bonchev–Trinajstić information content (AvgIpc) is 2.75. The number of halogens is 3. The summed E-state index contributed by atoms with van der Waals surface area (Å²) >= 11 is 0. The lowest BCUT2D eigenvalue weighted by Gasteiger charge is -2.13. The Hall–Kier alpha value is -3.81. The summed E-state index contributed by atoms with van der Waals surface area (Å²) in [6.07, 6.45) is -4.35. The lowest BCUT2D eigenvalue weighted by molar-refractivity contribution is -0.142. The molecule has 3 rings (SSSR count). The van der Waals surface area contributed by atoms with Crippen LogP contribution in [0, 0.1) is 6.92 Å². The highest BCUT2D eigenvalue weighted by Gasteiger charge is 2.30. The van der Waals surface area contributed by atoms with Crippen LogP contribution in [0.3, 0.4) is 0 Å². The number of phenolic OH excluding ortho intramolecular Hbond substituents is 1. The fraction of sp³-hybridized carbons (Fsp3) is 0.200. The maximum Gasteiger partial charge on any atom is 0.416 e. The Balaban J connectivity index is 1.80. The minimum Gasteiger partial charge on any atom is -0.507 e. The molecule has 0 aromatic heterocycles. The van der Waals surface area contributed by atoms with E-state index in [-0.39, 0.29) is 29.3 Å². The molecule has 0 atom stereocenters. The maximum absolute atomic E-state index is 12.8. The van der Waals surface area contributed by atoms with E-state index in [0.29, 0.717) is 23.4 Å². The molecule has 0 aliphatic carbocycles. The van der Waals surface area contributed by atoms with E-state index in [1.165, 1.54) is 24.3 Å². The van der Waals surface area contributed by atoms with Gasteiger partial charge in [0.25, 0.3) is 5.91 Å². The molecule has 5 nitrogen and oxygen atoms in total. The third-order valence-electron chi connectivity index (χ3n) is 4.98. The summed E-state index contributed by atoms with van der Waals surface area (Å²) < 4.78 is 43.4. The Bertz CT molecular complexity index is 1150. The molecule has 0 saturated heterocycles. The third kappa shape index (κ3) is 5.91. The predicted molar refractivity (Wildman–Crippen MR) is 118 cm³/mol. The predicted octanol–water partition coefficient (Wildman–Crippen LogP) is 5.74. The van der Waals surface area contributed by atoms with Gasteiger partial charge in [-0.3, -0.25) is 9.59 Å². The topological polar surface area (TPSA) is 75.6 Å².